The van der Waals surface area contributed by atoms with E-state index in [0.29, 0.717) is 5.92 Å². The number of nitrogens with zero attached hydrogens (tertiary/aromatic N) is 1. The van der Waals surface area contributed by atoms with Crippen molar-refractivity contribution in [3.8, 4) is 6.07 Å². The van der Waals surface area contributed by atoms with Crippen LogP contribution in [0.25, 0.3) is 0 Å². The van der Waals surface area contributed by atoms with Crippen LogP contribution in [-0.2, 0) is 0 Å². The van der Waals surface area contributed by atoms with Crippen LogP contribution in [0.5, 0.6) is 0 Å². The van der Waals surface area contributed by atoms with Gasteiger partial charge in [0, 0.05) is 5.92 Å². The molecule has 0 amide bonds. The molecule has 2 saturated carbocycles. The summed E-state index contributed by atoms with van der Waals surface area (Å²) in [5.41, 5.74) is 0. The lowest BCUT2D eigenvalue weighted by Gasteiger charge is -2.37. The van der Waals surface area contributed by atoms with Gasteiger partial charge in [-0.15, -0.1) is 0 Å². The predicted molar refractivity (Wildman–Crippen MR) is 80.7 cm³/mol. The molecule has 1 nitrogen and oxygen atoms in total. The topological polar surface area (TPSA) is 23.8 Å². The molecule has 19 heavy (non-hydrogen) atoms. The summed E-state index contributed by atoms with van der Waals surface area (Å²) in [4.78, 5) is 0. The molecule has 0 aromatic carbocycles. The molecule has 0 bridgehead atoms. The quantitative estimate of drug-likeness (QED) is 0.582. The molecule has 0 saturated heterocycles. The SMILES string of the molecule is CCCCC[C@H]1CC[C@H]([C@@H]2CCC[C@H](C#N)C2)CC1. The lowest BCUT2D eigenvalue weighted by molar-refractivity contribution is 0.149. The van der Waals surface area contributed by atoms with Crippen LogP contribution in [0.2, 0.25) is 0 Å². The minimum Gasteiger partial charge on any atom is -0.198 e. The fourth-order valence-electron chi connectivity index (χ4n) is 4.40. The Labute approximate surface area is 119 Å². The van der Waals surface area contributed by atoms with Crippen molar-refractivity contribution in [1.82, 2.24) is 0 Å². The van der Waals surface area contributed by atoms with Gasteiger partial charge in [0.1, 0.15) is 0 Å². The Morgan fingerprint density at radius 2 is 1.74 bits per heavy atom. The zero-order valence-corrected chi connectivity index (χ0v) is 12.7. The van der Waals surface area contributed by atoms with E-state index >= 15 is 0 Å². The van der Waals surface area contributed by atoms with Crippen LogP contribution in [0.3, 0.4) is 0 Å². The van der Waals surface area contributed by atoms with Gasteiger partial charge >= 0.3 is 0 Å². The first-order valence-electron chi connectivity index (χ1n) is 8.73. The first kappa shape index (κ1) is 14.9. The zero-order chi connectivity index (χ0) is 13.5. The summed E-state index contributed by atoms with van der Waals surface area (Å²) in [6, 6.07) is 2.52. The number of rotatable bonds is 5. The van der Waals surface area contributed by atoms with Crippen LogP contribution in [-0.4, -0.2) is 0 Å². The van der Waals surface area contributed by atoms with Gasteiger partial charge < -0.3 is 0 Å². The van der Waals surface area contributed by atoms with Gasteiger partial charge in [0.2, 0.25) is 0 Å². The molecule has 1 heteroatoms. The first-order valence-corrected chi connectivity index (χ1v) is 8.73. The minimum atomic E-state index is 0.376. The molecule has 0 aromatic rings. The minimum absolute atomic E-state index is 0.376. The maximum atomic E-state index is 9.12. The summed E-state index contributed by atoms with van der Waals surface area (Å²) in [5, 5.41) is 9.12. The van der Waals surface area contributed by atoms with E-state index in [4.69, 9.17) is 5.26 Å². The van der Waals surface area contributed by atoms with Gasteiger partial charge in [-0.2, -0.15) is 5.26 Å². The van der Waals surface area contributed by atoms with Crippen molar-refractivity contribution in [3.63, 3.8) is 0 Å². The largest absolute Gasteiger partial charge is 0.198 e. The van der Waals surface area contributed by atoms with Crippen LogP contribution >= 0.6 is 0 Å². The summed E-state index contributed by atoms with van der Waals surface area (Å²) < 4.78 is 0. The third-order valence-corrected chi connectivity index (χ3v) is 5.67. The monoisotopic (exact) mass is 261 g/mol. The fourth-order valence-corrected chi connectivity index (χ4v) is 4.40. The molecule has 2 aliphatic carbocycles. The molecule has 0 aliphatic heterocycles. The van der Waals surface area contributed by atoms with E-state index in [1.165, 1.54) is 77.0 Å². The molecule has 0 radical (unpaired) electrons. The Morgan fingerprint density at radius 1 is 0.947 bits per heavy atom. The van der Waals surface area contributed by atoms with Gasteiger partial charge in [-0.05, 0) is 43.4 Å². The lowest BCUT2D eigenvalue weighted by atomic mass is 9.68. The van der Waals surface area contributed by atoms with Crippen LogP contribution in [0.1, 0.15) is 84.0 Å². The van der Waals surface area contributed by atoms with Crippen LogP contribution < -0.4 is 0 Å². The lowest BCUT2D eigenvalue weighted by Crippen LogP contribution is -2.26. The maximum Gasteiger partial charge on any atom is 0.0655 e. The summed E-state index contributed by atoms with van der Waals surface area (Å²) in [5.74, 6) is 3.24. The van der Waals surface area contributed by atoms with E-state index in [0.717, 1.165) is 17.8 Å². The van der Waals surface area contributed by atoms with E-state index < -0.39 is 0 Å². The number of nitriles is 1. The molecule has 0 unspecified atom stereocenters. The van der Waals surface area contributed by atoms with E-state index in [1.807, 2.05) is 0 Å². The van der Waals surface area contributed by atoms with Crippen molar-refractivity contribution < 1.29 is 0 Å². The predicted octanol–water partition coefficient (Wildman–Crippen LogP) is 5.70. The second kappa shape index (κ2) is 7.93. The van der Waals surface area contributed by atoms with E-state index in [2.05, 4.69) is 13.0 Å². The molecule has 0 N–H and O–H groups in total. The highest BCUT2D eigenvalue weighted by Crippen LogP contribution is 2.42. The molecule has 0 heterocycles. The third kappa shape index (κ3) is 4.51. The average molecular weight is 261 g/mol. The summed E-state index contributed by atoms with van der Waals surface area (Å²) in [7, 11) is 0. The highest BCUT2D eigenvalue weighted by molar-refractivity contribution is 4.90. The van der Waals surface area contributed by atoms with E-state index in [-0.39, 0.29) is 0 Å². The molecule has 0 spiro atoms. The smallest absolute Gasteiger partial charge is 0.0655 e. The Hall–Kier alpha value is -0.510. The van der Waals surface area contributed by atoms with Crippen molar-refractivity contribution in [2.24, 2.45) is 23.7 Å². The molecule has 108 valence electrons. The number of unbranched alkanes of at least 4 members (excludes halogenated alkanes) is 2. The van der Waals surface area contributed by atoms with Crippen molar-refractivity contribution >= 4 is 0 Å². The highest BCUT2D eigenvalue weighted by Gasteiger charge is 2.31. The Kier molecular flexibility index (Phi) is 6.21. The van der Waals surface area contributed by atoms with Gasteiger partial charge in [0.15, 0.2) is 0 Å². The second-order valence-corrected chi connectivity index (χ2v) is 7.03. The fraction of sp³-hybridized carbons (Fsp3) is 0.944. The van der Waals surface area contributed by atoms with Crippen molar-refractivity contribution in [2.45, 2.75) is 84.0 Å². The first-order chi connectivity index (χ1) is 9.33. The van der Waals surface area contributed by atoms with Gasteiger partial charge in [-0.1, -0.05) is 58.3 Å². The van der Waals surface area contributed by atoms with Crippen LogP contribution in [0.15, 0.2) is 0 Å². The zero-order valence-electron chi connectivity index (χ0n) is 12.7. The van der Waals surface area contributed by atoms with Crippen LogP contribution in [0.4, 0.5) is 0 Å². The Bertz CT molecular complexity index is 283. The van der Waals surface area contributed by atoms with E-state index in [1.54, 1.807) is 0 Å². The number of hydrogen-bond donors (Lipinski definition) is 0. The van der Waals surface area contributed by atoms with Crippen molar-refractivity contribution in [3.05, 3.63) is 0 Å². The molecule has 2 fully saturated rings. The van der Waals surface area contributed by atoms with Gasteiger partial charge in [-0.3, -0.25) is 0 Å². The number of hydrogen-bond acceptors (Lipinski definition) is 1. The highest BCUT2D eigenvalue weighted by atomic mass is 14.4. The molecule has 2 atom stereocenters. The second-order valence-electron chi connectivity index (χ2n) is 7.03. The molecular formula is C18H31N. The average Bonchev–Trinajstić information content (AvgIpc) is 2.48. The maximum absolute atomic E-state index is 9.12. The van der Waals surface area contributed by atoms with Crippen molar-refractivity contribution in [1.29, 1.82) is 5.26 Å². The van der Waals surface area contributed by atoms with Crippen molar-refractivity contribution in [2.75, 3.05) is 0 Å². The molecular weight excluding hydrogens is 230 g/mol. The summed E-state index contributed by atoms with van der Waals surface area (Å²) in [6.07, 6.45) is 16.7. The van der Waals surface area contributed by atoms with Crippen LogP contribution in [0, 0.1) is 35.0 Å². The molecule has 2 aliphatic rings. The third-order valence-electron chi connectivity index (χ3n) is 5.67. The summed E-state index contributed by atoms with van der Waals surface area (Å²) >= 11 is 0. The Balaban J connectivity index is 1.69. The van der Waals surface area contributed by atoms with Gasteiger partial charge in [0.25, 0.3) is 0 Å². The summed E-state index contributed by atoms with van der Waals surface area (Å²) in [6.45, 7) is 2.30. The standard InChI is InChI=1S/C18H31N/c1-2-3-4-6-15-9-11-17(12-10-15)18-8-5-7-16(13-18)14-19/h15-18H,2-13H2,1H3/t15-,16-,17-,18+/m0/s1. The Morgan fingerprint density at radius 3 is 2.42 bits per heavy atom. The molecule has 0 aromatic heterocycles. The molecule has 2 rings (SSSR count). The van der Waals surface area contributed by atoms with Gasteiger partial charge in [0.05, 0.1) is 6.07 Å². The van der Waals surface area contributed by atoms with Gasteiger partial charge in [-0.25, -0.2) is 0 Å². The normalized spacial score (nSPS) is 35.8. The van der Waals surface area contributed by atoms with E-state index in [9.17, 15) is 0 Å².